The number of hydrogen-bond donors (Lipinski definition) is 1. The first-order chi connectivity index (χ1) is 7.48. The predicted octanol–water partition coefficient (Wildman–Crippen LogP) is 2.56. The molecule has 1 saturated heterocycles. The van der Waals surface area contributed by atoms with Crippen molar-refractivity contribution in [3.63, 3.8) is 0 Å². The number of carbonyl (C=O) groups is 1. The Morgan fingerprint density at radius 3 is 2.65 bits per heavy atom. The summed E-state index contributed by atoms with van der Waals surface area (Å²) in [6.45, 7) is 6.07. The fourth-order valence-corrected chi connectivity index (χ4v) is 2.14. The van der Waals surface area contributed by atoms with Gasteiger partial charge in [0.1, 0.15) is 0 Å². The summed E-state index contributed by atoms with van der Waals surface area (Å²) in [5.74, 6) is 0.0953. The van der Waals surface area contributed by atoms with Gasteiger partial charge in [0.15, 0.2) is 0 Å². The zero-order chi connectivity index (χ0) is 11.8. The zero-order valence-electron chi connectivity index (χ0n) is 10.3. The number of nitrogen functional groups attached to an aromatic ring is 1. The molecule has 0 aliphatic carbocycles. The summed E-state index contributed by atoms with van der Waals surface area (Å²) in [6.07, 6.45) is 1.07. The maximum atomic E-state index is 12.2. The molecule has 0 spiro atoms. The monoisotopic (exact) mass is 254 g/mol. The molecule has 1 aliphatic heterocycles. The van der Waals surface area contributed by atoms with Gasteiger partial charge in [0.25, 0.3) is 5.91 Å². The third-order valence-electron chi connectivity index (χ3n) is 3.10. The number of carbonyl (C=O) groups excluding carboxylic acids is 1. The molecule has 94 valence electrons. The highest BCUT2D eigenvalue weighted by Crippen LogP contribution is 2.29. The summed E-state index contributed by atoms with van der Waals surface area (Å²) in [4.78, 5) is 14.1. The molecule has 1 aromatic rings. The standard InChI is InChI=1S/C13H18N2O.ClH/c1-13(2)6-7-15(9-13)12(16)10-4-3-5-11(14)8-10;/h3-5,8H,6-7,9,14H2,1-2H3;1H. The SMILES string of the molecule is CC1(C)CCN(C(=O)c2cccc(N)c2)C1.Cl. The van der Waals surface area contributed by atoms with Crippen LogP contribution in [0, 0.1) is 5.41 Å². The van der Waals surface area contributed by atoms with Gasteiger partial charge < -0.3 is 10.6 Å². The summed E-state index contributed by atoms with van der Waals surface area (Å²) in [7, 11) is 0. The quantitative estimate of drug-likeness (QED) is 0.783. The summed E-state index contributed by atoms with van der Waals surface area (Å²) in [6, 6.07) is 7.19. The minimum atomic E-state index is 0. The summed E-state index contributed by atoms with van der Waals surface area (Å²) >= 11 is 0. The van der Waals surface area contributed by atoms with Gasteiger partial charge >= 0.3 is 0 Å². The Labute approximate surface area is 108 Å². The van der Waals surface area contributed by atoms with Crippen molar-refractivity contribution in [3.8, 4) is 0 Å². The molecule has 0 radical (unpaired) electrons. The van der Waals surface area contributed by atoms with Gasteiger partial charge in [-0.05, 0) is 30.0 Å². The second kappa shape index (κ2) is 4.96. The van der Waals surface area contributed by atoms with Crippen molar-refractivity contribution in [2.45, 2.75) is 20.3 Å². The molecule has 1 fully saturated rings. The van der Waals surface area contributed by atoms with Crippen LogP contribution in [-0.4, -0.2) is 23.9 Å². The fraction of sp³-hybridized carbons (Fsp3) is 0.462. The Morgan fingerprint density at radius 2 is 2.12 bits per heavy atom. The van der Waals surface area contributed by atoms with Crippen LogP contribution in [0.3, 0.4) is 0 Å². The summed E-state index contributed by atoms with van der Waals surface area (Å²) in [5.41, 5.74) is 7.26. The minimum absolute atomic E-state index is 0. The largest absolute Gasteiger partial charge is 0.399 e. The van der Waals surface area contributed by atoms with E-state index in [0.717, 1.165) is 19.5 Å². The Morgan fingerprint density at radius 1 is 1.41 bits per heavy atom. The molecule has 2 rings (SSSR count). The molecule has 0 aromatic heterocycles. The first kappa shape index (κ1) is 13.8. The Bertz CT molecular complexity index is 418. The van der Waals surface area contributed by atoms with Crippen LogP contribution >= 0.6 is 12.4 Å². The fourth-order valence-electron chi connectivity index (χ4n) is 2.14. The van der Waals surface area contributed by atoms with Crippen molar-refractivity contribution in [3.05, 3.63) is 29.8 Å². The topological polar surface area (TPSA) is 46.3 Å². The van der Waals surface area contributed by atoms with Crippen LogP contribution in [0.2, 0.25) is 0 Å². The van der Waals surface area contributed by atoms with E-state index in [2.05, 4.69) is 13.8 Å². The van der Waals surface area contributed by atoms with Crippen molar-refractivity contribution in [2.75, 3.05) is 18.8 Å². The van der Waals surface area contributed by atoms with Gasteiger partial charge in [-0.3, -0.25) is 4.79 Å². The normalized spacial score (nSPS) is 17.6. The third kappa shape index (κ3) is 3.13. The van der Waals surface area contributed by atoms with Crippen LogP contribution in [0.15, 0.2) is 24.3 Å². The lowest BCUT2D eigenvalue weighted by atomic mass is 9.93. The van der Waals surface area contributed by atoms with Crippen LogP contribution in [0.4, 0.5) is 5.69 Å². The molecule has 4 heteroatoms. The first-order valence-corrected chi connectivity index (χ1v) is 5.63. The summed E-state index contributed by atoms with van der Waals surface area (Å²) < 4.78 is 0. The highest BCUT2D eigenvalue weighted by Gasteiger charge is 2.32. The van der Waals surface area contributed by atoms with E-state index in [1.54, 1.807) is 12.1 Å². The van der Waals surface area contributed by atoms with Crippen LogP contribution in [0.25, 0.3) is 0 Å². The molecule has 1 aliphatic rings. The molecule has 17 heavy (non-hydrogen) atoms. The van der Waals surface area contributed by atoms with Crippen molar-refractivity contribution < 1.29 is 4.79 Å². The number of nitrogens with two attached hydrogens (primary N) is 1. The Balaban J connectivity index is 0.00000144. The zero-order valence-corrected chi connectivity index (χ0v) is 11.1. The van der Waals surface area contributed by atoms with Crippen LogP contribution < -0.4 is 5.73 Å². The lowest BCUT2D eigenvalue weighted by molar-refractivity contribution is 0.0778. The second-order valence-corrected chi connectivity index (χ2v) is 5.27. The lowest BCUT2D eigenvalue weighted by Gasteiger charge is -2.19. The predicted molar refractivity (Wildman–Crippen MR) is 72.4 cm³/mol. The number of anilines is 1. The first-order valence-electron chi connectivity index (χ1n) is 5.63. The van der Waals surface area contributed by atoms with Crippen LogP contribution in [0.5, 0.6) is 0 Å². The molecule has 2 N–H and O–H groups in total. The number of halogens is 1. The third-order valence-corrected chi connectivity index (χ3v) is 3.10. The van der Waals surface area contributed by atoms with E-state index in [4.69, 9.17) is 5.73 Å². The molecular weight excluding hydrogens is 236 g/mol. The smallest absolute Gasteiger partial charge is 0.253 e. The van der Waals surface area contributed by atoms with Crippen molar-refractivity contribution in [2.24, 2.45) is 5.41 Å². The van der Waals surface area contributed by atoms with E-state index in [0.29, 0.717) is 11.3 Å². The minimum Gasteiger partial charge on any atom is -0.399 e. The molecule has 1 amide bonds. The average molecular weight is 255 g/mol. The number of benzene rings is 1. The van der Waals surface area contributed by atoms with E-state index in [9.17, 15) is 4.79 Å². The highest BCUT2D eigenvalue weighted by molar-refractivity contribution is 5.95. The number of amides is 1. The molecule has 0 bridgehead atoms. The molecule has 0 unspecified atom stereocenters. The maximum Gasteiger partial charge on any atom is 0.253 e. The van der Waals surface area contributed by atoms with Gasteiger partial charge in [-0.25, -0.2) is 0 Å². The van der Waals surface area contributed by atoms with Gasteiger partial charge in [0, 0.05) is 24.3 Å². The maximum absolute atomic E-state index is 12.2. The lowest BCUT2D eigenvalue weighted by Crippen LogP contribution is -2.30. The van der Waals surface area contributed by atoms with Crippen LogP contribution in [-0.2, 0) is 0 Å². The van der Waals surface area contributed by atoms with E-state index in [1.165, 1.54) is 0 Å². The van der Waals surface area contributed by atoms with E-state index in [-0.39, 0.29) is 23.7 Å². The number of likely N-dealkylation sites (tertiary alicyclic amines) is 1. The Hall–Kier alpha value is -1.22. The van der Waals surface area contributed by atoms with Gasteiger partial charge in [0.2, 0.25) is 0 Å². The molecule has 0 saturated carbocycles. The molecule has 0 atom stereocenters. The highest BCUT2D eigenvalue weighted by atomic mass is 35.5. The molecule has 1 heterocycles. The average Bonchev–Trinajstić information content (AvgIpc) is 2.58. The summed E-state index contributed by atoms with van der Waals surface area (Å²) in [5, 5.41) is 0. The van der Waals surface area contributed by atoms with Gasteiger partial charge in [-0.15, -0.1) is 12.4 Å². The van der Waals surface area contributed by atoms with Gasteiger partial charge in [0.05, 0.1) is 0 Å². The number of nitrogens with zero attached hydrogens (tertiary/aromatic N) is 1. The Kier molecular flexibility index (Phi) is 4.04. The van der Waals surface area contributed by atoms with E-state index >= 15 is 0 Å². The second-order valence-electron chi connectivity index (χ2n) is 5.27. The van der Waals surface area contributed by atoms with E-state index < -0.39 is 0 Å². The van der Waals surface area contributed by atoms with Gasteiger partial charge in [-0.1, -0.05) is 19.9 Å². The number of rotatable bonds is 1. The molecule has 1 aromatic carbocycles. The molecular formula is C13H19ClN2O. The van der Waals surface area contributed by atoms with Crippen molar-refractivity contribution in [1.82, 2.24) is 4.90 Å². The van der Waals surface area contributed by atoms with Gasteiger partial charge in [-0.2, -0.15) is 0 Å². The van der Waals surface area contributed by atoms with Crippen molar-refractivity contribution in [1.29, 1.82) is 0 Å². The van der Waals surface area contributed by atoms with Crippen molar-refractivity contribution >= 4 is 24.0 Å². The molecule has 3 nitrogen and oxygen atoms in total. The van der Waals surface area contributed by atoms with E-state index in [1.807, 2.05) is 17.0 Å². The van der Waals surface area contributed by atoms with Crippen LogP contribution in [0.1, 0.15) is 30.6 Å². The number of hydrogen-bond acceptors (Lipinski definition) is 2.